The van der Waals surface area contributed by atoms with Gasteiger partial charge in [-0.15, -0.1) is 0 Å². The van der Waals surface area contributed by atoms with Crippen LogP contribution in [0.25, 0.3) is 32.2 Å². The smallest absolute Gasteiger partial charge is 0.188 e. The van der Waals surface area contributed by atoms with Crippen molar-refractivity contribution in [3.05, 3.63) is 96.1 Å². The zero-order valence-corrected chi connectivity index (χ0v) is 22.9. The molecule has 5 aromatic rings. The number of allylic oxidation sites excluding steroid dienone is 1. The summed E-state index contributed by atoms with van der Waals surface area (Å²) in [5.41, 5.74) is 6.86. The minimum Gasteiger partial charge on any atom is -0.360 e. The number of carbonyl (C=O) groups is 1. The van der Waals surface area contributed by atoms with Gasteiger partial charge in [0.05, 0.1) is 10.2 Å². The second kappa shape index (κ2) is 10.8. The Kier molecular flexibility index (Phi) is 7.05. The SMILES string of the molecule is C=C(Nc1nc2ccc(-c3ccc4[nH]cc(C(=O)CCC[C@@H](C)c5cccc(F)c5)c4c3)cc2s1)C1CCC1. The lowest BCUT2D eigenvalue weighted by Gasteiger charge is -2.27. The summed E-state index contributed by atoms with van der Waals surface area (Å²) in [6.45, 7) is 6.29. The number of anilines is 1. The first kappa shape index (κ1) is 25.5. The highest BCUT2D eigenvalue weighted by Gasteiger charge is 2.21. The van der Waals surface area contributed by atoms with E-state index in [0.29, 0.717) is 12.3 Å². The van der Waals surface area contributed by atoms with Crippen LogP contribution in [0.15, 0.2) is 79.1 Å². The van der Waals surface area contributed by atoms with E-state index in [2.05, 4.69) is 54.1 Å². The lowest BCUT2D eigenvalue weighted by atomic mass is 9.83. The van der Waals surface area contributed by atoms with E-state index in [4.69, 9.17) is 4.98 Å². The zero-order valence-electron chi connectivity index (χ0n) is 22.1. The summed E-state index contributed by atoms with van der Waals surface area (Å²) in [5.74, 6) is 0.683. The van der Waals surface area contributed by atoms with Crippen LogP contribution in [-0.2, 0) is 0 Å². The number of hydrogen-bond donors (Lipinski definition) is 2. The Morgan fingerprint density at radius 3 is 2.77 bits per heavy atom. The number of aromatic amines is 1. The maximum Gasteiger partial charge on any atom is 0.188 e. The molecule has 0 aliphatic heterocycles. The summed E-state index contributed by atoms with van der Waals surface area (Å²) in [5, 5.41) is 5.26. The van der Waals surface area contributed by atoms with Crippen molar-refractivity contribution in [2.24, 2.45) is 5.92 Å². The van der Waals surface area contributed by atoms with Gasteiger partial charge in [-0.2, -0.15) is 0 Å². The largest absolute Gasteiger partial charge is 0.360 e. The van der Waals surface area contributed by atoms with Crippen molar-refractivity contribution < 1.29 is 9.18 Å². The van der Waals surface area contributed by atoms with Crippen molar-refractivity contribution in [3.8, 4) is 11.1 Å². The number of benzene rings is 3. The maximum atomic E-state index is 13.6. The lowest BCUT2D eigenvalue weighted by molar-refractivity contribution is 0.0980. The van der Waals surface area contributed by atoms with Crippen molar-refractivity contribution >= 4 is 43.4 Å². The van der Waals surface area contributed by atoms with Gasteiger partial charge in [0.1, 0.15) is 5.82 Å². The Labute approximate surface area is 232 Å². The minimum absolute atomic E-state index is 0.130. The second-order valence-electron chi connectivity index (χ2n) is 10.7. The number of ketones is 1. The highest BCUT2D eigenvalue weighted by atomic mass is 32.1. The molecule has 0 amide bonds. The molecular formula is C33H32FN3OS. The van der Waals surface area contributed by atoms with Crippen molar-refractivity contribution in [2.45, 2.75) is 51.4 Å². The first-order chi connectivity index (χ1) is 18.9. The number of H-pyrrole nitrogens is 1. The van der Waals surface area contributed by atoms with Gasteiger partial charge < -0.3 is 10.3 Å². The van der Waals surface area contributed by atoms with Gasteiger partial charge in [0.15, 0.2) is 10.9 Å². The van der Waals surface area contributed by atoms with E-state index in [1.54, 1.807) is 23.5 Å². The second-order valence-corrected chi connectivity index (χ2v) is 11.7. The molecule has 2 heterocycles. The van der Waals surface area contributed by atoms with Crippen LogP contribution in [0.1, 0.15) is 67.3 Å². The van der Waals surface area contributed by atoms with Gasteiger partial charge in [-0.1, -0.05) is 55.5 Å². The highest BCUT2D eigenvalue weighted by molar-refractivity contribution is 7.22. The molecule has 6 heteroatoms. The first-order valence-electron chi connectivity index (χ1n) is 13.7. The molecule has 1 aliphatic rings. The number of aromatic nitrogens is 2. The summed E-state index contributed by atoms with van der Waals surface area (Å²) < 4.78 is 14.7. The monoisotopic (exact) mass is 537 g/mol. The van der Waals surface area contributed by atoms with E-state index in [0.717, 1.165) is 67.0 Å². The summed E-state index contributed by atoms with van der Waals surface area (Å²) in [6, 6.07) is 19.3. The molecule has 1 aliphatic carbocycles. The number of carbonyl (C=O) groups excluding carboxylic acids is 1. The van der Waals surface area contributed by atoms with E-state index in [1.165, 1.54) is 25.3 Å². The van der Waals surface area contributed by atoms with Gasteiger partial charge in [-0.05, 0) is 90.6 Å². The Balaban J connectivity index is 1.16. The molecule has 0 bridgehead atoms. The molecule has 198 valence electrons. The summed E-state index contributed by atoms with van der Waals surface area (Å²) >= 11 is 1.65. The number of thiazole rings is 1. The molecule has 6 rings (SSSR count). The zero-order chi connectivity index (χ0) is 26.9. The quantitative estimate of drug-likeness (QED) is 0.174. The molecule has 0 unspecified atom stereocenters. The minimum atomic E-state index is -0.216. The van der Waals surface area contributed by atoms with E-state index < -0.39 is 0 Å². The van der Waals surface area contributed by atoms with Crippen LogP contribution in [0.3, 0.4) is 0 Å². The molecule has 1 fully saturated rings. The number of halogens is 1. The summed E-state index contributed by atoms with van der Waals surface area (Å²) in [4.78, 5) is 21.2. The molecule has 2 aromatic heterocycles. The Bertz CT molecular complexity index is 1680. The first-order valence-corrected chi connectivity index (χ1v) is 14.5. The fourth-order valence-electron chi connectivity index (χ4n) is 5.37. The van der Waals surface area contributed by atoms with Crippen molar-refractivity contribution in [2.75, 3.05) is 5.32 Å². The molecule has 4 nitrogen and oxygen atoms in total. The normalized spacial score (nSPS) is 14.4. The number of hydrogen-bond acceptors (Lipinski definition) is 4. The van der Waals surface area contributed by atoms with Crippen LogP contribution in [-0.4, -0.2) is 15.8 Å². The predicted octanol–water partition coefficient (Wildman–Crippen LogP) is 9.47. The third kappa shape index (κ3) is 5.39. The fraction of sp³-hybridized carbons (Fsp3) is 0.273. The topological polar surface area (TPSA) is 57.8 Å². The predicted molar refractivity (Wildman–Crippen MR) is 160 cm³/mol. The van der Waals surface area contributed by atoms with E-state index in [1.807, 2.05) is 18.3 Å². The lowest BCUT2D eigenvalue weighted by Crippen LogP contribution is -2.17. The van der Waals surface area contributed by atoms with Crippen LogP contribution in [0.4, 0.5) is 9.52 Å². The molecular weight excluding hydrogens is 505 g/mol. The molecule has 1 saturated carbocycles. The van der Waals surface area contributed by atoms with Gasteiger partial charge in [0, 0.05) is 34.8 Å². The highest BCUT2D eigenvalue weighted by Crippen LogP contribution is 2.36. The van der Waals surface area contributed by atoms with E-state index >= 15 is 0 Å². The molecule has 1 atom stereocenters. The number of nitrogens with zero attached hydrogens (tertiary/aromatic N) is 1. The molecule has 2 N–H and O–H groups in total. The Morgan fingerprint density at radius 1 is 1.15 bits per heavy atom. The maximum absolute atomic E-state index is 13.6. The van der Waals surface area contributed by atoms with E-state index in [-0.39, 0.29) is 17.5 Å². The number of rotatable bonds is 10. The Hall–Kier alpha value is -3.77. The van der Waals surface area contributed by atoms with E-state index in [9.17, 15) is 9.18 Å². The van der Waals surface area contributed by atoms with Crippen LogP contribution in [0.5, 0.6) is 0 Å². The van der Waals surface area contributed by atoms with Gasteiger partial charge in [-0.3, -0.25) is 4.79 Å². The molecule has 0 spiro atoms. The van der Waals surface area contributed by atoms with Crippen LogP contribution in [0.2, 0.25) is 0 Å². The Morgan fingerprint density at radius 2 is 1.97 bits per heavy atom. The number of fused-ring (bicyclic) bond motifs is 2. The molecule has 39 heavy (non-hydrogen) atoms. The summed E-state index contributed by atoms with van der Waals surface area (Å²) in [6.07, 6.45) is 7.58. The third-order valence-electron chi connectivity index (χ3n) is 8.03. The molecule has 3 aromatic carbocycles. The average Bonchev–Trinajstić information content (AvgIpc) is 3.50. The molecule has 0 radical (unpaired) electrons. The van der Waals surface area contributed by atoms with Crippen LogP contribution < -0.4 is 5.32 Å². The number of Topliss-reactive ketones (excluding diaryl/α,β-unsaturated/α-hetero) is 1. The summed E-state index contributed by atoms with van der Waals surface area (Å²) in [7, 11) is 0. The van der Waals surface area contributed by atoms with Crippen LogP contribution >= 0.6 is 11.3 Å². The van der Waals surface area contributed by atoms with Gasteiger partial charge in [0.2, 0.25) is 0 Å². The van der Waals surface area contributed by atoms with Gasteiger partial charge in [-0.25, -0.2) is 9.37 Å². The van der Waals surface area contributed by atoms with Gasteiger partial charge >= 0.3 is 0 Å². The molecule has 0 saturated heterocycles. The number of nitrogens with one attached hydrogen (secondary N) is 2. The van der Waals surface area contributed by atoms with Crippen molar-refractivity contribution in [1.29, 1.82) is 0 Å². The van der Waals surface area contributed by atoms with Crippen molar-refractivity contribution in [1.82, 2.24) is 9.97 Å². The average molecular weight is 538 g/mol. The van der Waals surface area contributed by atoms with Gasteiger partial charge in [0.25, 0.3) is 0 Å². The van der Waals surface area contributed by atoms with Crippen LogP contribution in [0, 0.1) is 11.7 Å². The van der Waals surface area contributed by atoms with Crippen molar-refractivity contribution in [3.63, 3.8) is 0 Å². The fourth-order valence-corrected chi connectivity index (χ4v) is 6.31. The standard InChI is InChI=1S/C33H32FN3OS/c1-20(23-9-5-10-26(34)16-23)6-3-11-31(38)28-19-35-29-14-12-24(17-27(28)29)25-13-15-30-32(18-25)39-33(37-30)36-21(2)22-7-4-8-22/h5,9-10,12-20,22,35H,2-4,6-8,11H2,1H3,(H,36,37)/t20-/m1/s1. The third-order valence-corrected chi connectivity index (χ3v) is 8.96.